The van der Waals surface area contributed by atoms with Crippen molar-refractivity contribution < 1.29 is 13.9 Å². The van der Waals surface area contributed by atoms with Crippen LogP contribution in [0.25, 0.3) is 0 Å². The number of nitrogens with two attached hydrogens (primary N) is 1. The summed E-state index contributed by atoms with van der Waals surface area (Å²) in [5.74, 6) is -0.866. The van der Waals surface area contributed by atoms with E-state index in [-0.39, 0.29) is 22.0 Å². The highest BCUT2D eigenvalue weighted by molar-refractivity contribution is 6.34. The van der Waals surface area contributed by atoms with Crippen molar-refractivity contribution >= 4 is 28.9 Å². The molecule has 4 nitrogen and oxygen atoms in total. The van der Waals surface area contributed by atoms with E-state index in [2.05, 4.69) is 5.32 Å². The highest BCUT2D eigenvalue weighted by atomic mass is 35.5. The van der Waals surface area contributed by atoms with Gasteiger partial charge in [-0.05, 0) is 31.2 Å². The summed E-state index contributed by atoms with van der Waals surface area (Å²) in [5, 5.41) is 2.54. The van der Waals surface area contributed by atoms with Crippen molar-refractivity contribution in [1.82, 2.24) is 0 Å². The Hall–Kier alpha value is -2.27. The van der Waals surface area contributed by atoms with Gasteiger partial charge in [-0.25, -0.2) is 4.39 Å². The number of anilines is 2. The Morgan fingerprint density at radius 2 is 2.05 bits per heavy atom. The smallest absolute Gasteiger partial charge is 0.261 e. The van der Waals surface area contributed by atoms with Crippen molar-refractivity contribution in [3.63, 3.8) is 0 Å². The third-order valence-electron chi connectivity index (χ3n) is 2.79. The Balaban J connectivity index is 2.37. The lowest BCUT2D eigenvalue weighted by Gasteiger charge is -2.13. The highest BCUT2D eigenvalue weighted by Gasteiger charge is 2.18. The second-order valence-electron chi connectivity index (χ2n) is 4.20. The van der Waals surface area contributed by atoms with Gasteiger partial charge in [-0.2, -0.15) is 0 Å². The molecule has 0 aromatic heterocycles. The fraction of sp³-hybridized carbons (Fsp3) is 0.133. The molecule has 110 valence electrons. The molecule has 0 heterocycles. The number of hydrogen-bond acceptors (Lipinski definition) is 3. The van der Waals surface area contributed by atoms with Gasteiger partial charge < -0.3 is 15.8 Å². The van der Waals surface area contributed by atoms with Crippen molar-refractivity contribution in [2.75, 3.05) is 17.7 Å². The van der Waals surface area contributed by atoms with Gasteiger partial charge in [0.15, 0.2) is 0 Å². The summed E-state index contributed by atoms with van der Waals surface area (Å²) >= 11 is 5.88. The van der Waals surface area contributed by atoms with Gasteiger partial charge in [0.05, 0.1) is 17.3 Å². The Labute approximate surface area is 126 Å². The van der Waals surface area contributed by atoms with Crippen LogP contribution in [0.5, 0.6) is 5.75 Å². The first kappa shape index (κ1) is 15.1. The van der Waals surface area contributed by atoms with Gasteiger partial charge in [-0.3, -0.25) is 4.79 Å². The second kappa shape index (κ2) is 6.45. The zero-order valence-corrected chi connectivity index (χ0v) is 12.1. The van der Waals surface area contributed by atoms with Crippen LogP contribution >= 0.6 is 11.6 Å². The SMILES string of the molecule is CCOc1cccc(N)c1C(=O)Nc1c(F)cccc1Cl. The normalized spacial score (nSPS) is 10.2. The van der Waals surface area contributed by atoms with E-state index in [4.69, 9.17) is 22.1 Å². The summed E-state index contributed by atoms with van der Waals surface area (Å²) in [6.07, 6.45) is 0. The average molecular weight is 309 g/mol. The van der Waals surface area contributed by atoms with Crippen LogP contribution in [0, 0.1) is 5.82 Å². The molecular weight excluding hydrogens is 295 g/mol. The standard InChI is InChI=1S/C15H14ClFN2O2/c1-2-21-12-8-4-7-11(18)13(12)15(20)19-14-9(16)5-3-6-10(14)17/h3-8H,2,18H2,1H3,(H,19,20). The highest BCUT2D eigenvalue weighted by Crippen LogP contribution is 2.29. The summed E-state index contributed by atoms with van der Waals surface area (Å²) in [7, 11) is 0. The first-order chi connectivity index (χ1) is 10.0. The molecule has 0 atom stereocenters. The third-order valence-corrected chi connectivity index (χ3v) is 3.10. The molecule has 2 rings (SSSR count). The molecule has 0 fully saturated rings. The van der Waals surface area contributed by atoms with Gasteiger partial charge >= 0.3 is 0 Å². The number of halogens is 2. The lowest BCUT2D eigenvalue weighted by Crippen LogP contribution is -2.17. The Bertz CT molecular complexity index is 656. The maximum Gasteiger partial charge on any atom is 0.261 e. The van der Waals surface area contributed by atoms with E-state index in [1.807, 2.05) is 0 Å². The van der Waals surface area contributed by atoms with E-state index in [1.165, 1.54) is 18.2 Å². The van der Waals surface area contributed by atoms with E-state index in [1.54, 1.807) is 25.1 Å². The number of nitrogens with one attached hydrogen (secondary N) is 1. The number of amides is 1. The maximum absolute atomic E-state index is 13.7. The molecule has 0 aliphatic rings. The van der Waals surface area contributed by atoms with Crippen LogP contribution in [0.4, 0.5) is 15.8 Å². The quantitative estimate of drug-likeness (QED) is 0.846. The van der Waals surface area contributed by atoms with Crippen LogP contribution in [-0.2, 0) is 0 Å². The zero-order valence-electron chi connectivity index (χ0n) is 11.3. The van der Waals surface area contributed by atoms with Crippen molar-refractivity contribution in [2.24, 2.45) is 0 Å². The molecule has 0 unspecified atom stereocenters. The number of carbonyl (C=O) groups is 1. The number of rotatable bonds is 4. The molecule has 2 aromatic carbocycles. The van der Waals surface area contributed by atoms with E-state index in [0.717, 1.165) is 0 Å². The van der Waals surface area contributed by atoms with Crippen LogP contribution < -0.4 is 15.8 Å². The molecule has 21 heavy (non-hydrogen) atoms. The van der Waals surface area contributed by atoms with E-state index < -0.39 is 11.7 Å². The van der Waals surface area contributed by atoms with Crippen molar-refractivity contribution in [2.45, 2.75) is 6.92 Å². The topological polar surface area (TPSA) is 64.3 Å². The molecule has 0 saturated heterocycles. The first-order valence-corrected chi connectivity index (χ1v) is 6.69. The maximum atomic E-state index is 13.7. The fourth-order valence-corrected chi connectivity index (χ4v) is 2.07. The van der Waals surface area contributed by atoms with E-state index >= 15 is 0 Å². The van der Waals surface area contributed by atoms with Gasteiger partial charge in [0.1, 0.15) is 17.1 Å². The molecule has 2 aromatic rings. The first-order valence-electron chi connectivity index (χ1n) is 6.31. The number of para-hydroxylation sites is 1. The zero-order chi connectivity index (χ0) is 15.4. The summed E-state index contributed by atoms with van der Waals surface area (Å²) in [6.45, 7) is 2.17. The Morgan fingerprint density at radius 3 is 2.71 bits per heavy atom. The van der Waals surface area contributed by atoms with Crippen LogP contribution in [0.2, 0.25) is 5.02 Å². The monoisotopic (exact) mass is 308 g/mol. The van der Waals surface area contributed by atoms with Crippen LogP contribution in [-0.4, -0.2) is 12.5 Å². The molecule has 0 aliphatic carbocycles. The minimum absolute atomic E-state index is 0.0881. The van der Waals surface area contributed by atoms with Gasteiger partial charge in [0.2, 0.25) is 0 Å². The lowest BCUT2D eigenvalue weighted by molar-refractivity contribution is 0.102. The summed E-state index contributed by atoms with van der Waals surface area (Å²) in [4.78, 5) is 12.3. The lowest BCUT2D eigenvalue weighted by atomic mass is 10.1. The van der Waals surface area contributed by atoms with E-state index in [9.17, 15) is 9.18 Å². The largest absolute Gasteiger partial charge is 0.493 e. The number of ether oxygens (including phenoxy) is 1. The fourth-order valence-electron chi connectivity index (χ4n) is 1.86. The molecule has 0 spiro atoms. The van der Waals surface area contributed by atoms with Crippen molar-refractivity contribution in [3.8, 4) is 5.75 Å². The number of nitrogen functional groups attached to an aromatic ring is 1. The predicted octanol–water partition coefficient (Wildman–Crippen LogP) is 3.71. The Kier molecular flexibility index (Phi) is 4.65. The number of hydrogen-bond donors (Lipinski definition) is 2. The Morgan fingerprint density at radius 1 is 1.33 bits per heavy atom. The molecule has 6 heteroatoms. The molecule has 1 amide bonds. The van der Waals surface area contributed by atoms with Crippen molar-refractivity contribution in [1.29, 1.82) is 0 Å². The summed E-state index contributed by atoms with van der Waals surface area (Å²) in [5.41, 5.74) is 6.12. The average Bonchev–Trinajstić information content (AvgIpc) is 2.43. The van der Waals surface area contributed by atoms with E-state index in [0.29, 0.717) is 12.4 Å². The molecular formula is C15H14ClFN2O2. The summed E-state index contributed by atoms with van der Waals surface area (Å²) in [6, 6.07) is 9.01. The van der Waals surface area contributed by atoms with Crippen LogP contribution in [0.15, 0.2) is 36.4 Å². The molecule has 0 bridgehead atoms. The number of benzene rings is 2. The minimum Gasteiger partial charge on any atom is -0.493 e. The van der Waals surface area contributed by atoms with Gasteiger partial charge in [-0.1, -0.05) is 23.7 Å². The number of carbonyl (C=O) groups excluding carboxylic acids is 1. The van der Waals surface area contributed by atoms with Crippen LogP contribution in [0.1, 0.15) is 17.3 Å². The third kappa shape index (κ3) is 3.25. The van der Waals surface area contributed by atoms with Gasteiger partial charge in [0, 0.05) is 5.69 Å². The van der Waals surface area contributed by atoms with Crippen molar-refractivity contribution in [3.05, 3.63) is 52.8 Å². The van der Waals surface area contributed by atoms with Crippen LogP contribution in [0.3, 0.4) is 0 Å². The summed E-state index contributed by atoms with van der Waals surface area (Å²) < 4.78 is 19.1. The predicted molar refractivity (Wildman–Crippen MR) is 81.4 cm³/mol. The second-order valence-corrected chi connectivity index (χ2v) is 4.61. The molecule has 0 saturated carbocycles. The molecule has 3 N–H and O–H groups in total. The minimum atomic E-state index is -0.622. The van der Waals surface area contributed by atoms with Gasteiger partial charge in [0.25, 0.3) is 5.91 Å². The molecule has 0 aliphatic heterocycles. The van der Waals surface area contributed by atoms with Gasteiger partial charge in [-0.15, -0.1) is 0 Å². The molecule has 0 radical (unpaired) electrons.